The molecule has 140 valence electrons. The molecule has 1 aromatic rings. The van der Waals surface area contributed by atoms with Crippen molar-refractivity contribution in [1.29, 1.82) is 0 Å². The van der Waals surface area contributed by atoms with Crippen LogP contribution in [-0.4, -0.2) is 18.6 Å². The minimum Gasteiger partial charge on any atom is -0.481 e. The molecule has 0 radical (unpaired) electrons. The molecule has 0 bridgehead atoms. The van der Waals surface area contributed by atoms with Crippen LogP contribution in [0.3, 0.4) is 0 Å². The SMILES string of the molecule is CCCCC(CC)CNC(=O)C(CC)Oc1ccc2c(c1)CCCC2. The second kappa shape index (κ2) is 10.5. The summed E-state index contributed by atoms with van der Waals surface area (Å²) >= 11 is 0. The molecule has 2 atom stereocenters. The quantitative estimate of drug-likeness (QED) is 0.644. The third-order valence-corrected chi connectivity index (χ3v) is 5.37. The average Bonchev–Trinajstić information content (AvgIpc) is 2.65. The van der Waals surface area contributed by atoms with Crippen LogP contribution in [0.4, 0.5) is 0 Å². The van der Waals surface area contributed by atoms with Crippen LogP contribution in [0.2, 0.25) is 0 Å². The molecule has 0 saturated carbocycles. The zero-order valence-corrected chi connectivity index (χ0v) is 16.3. The van der Waals surface area contributed by atoms with Crippen LogP contribution in [0.1, 0.15) is 76.8 Å². The van der Waals surface area contributed by atoms with E-state index in [9.17, 15) is 4.79 Å². The zero-order chi connectivity index (χ0) is 18.1. The van der Waals surface area contributed by atoms with Gasteiger partial charge in [-0.2, -0.15) is 0 Å². The van der Waals surface area contributed by atoms with Gasteiger partial charge in [-0.25, -0.2) is 0 Å². The summed E-state index contributed by atoms with van der Waals surface area (Å²) in [5, 5.41) is 3.11. The minimum absolute atomic E-state index is 0.0233. The zero-order valence-electron chi connectivity index (χ0n) is 16.3. The van der Waals surface area contributed by atoms with E-state index < -0.39 is 6.10 Å². The van der Waals surface area contributed by atoms with Gasteiger partial charge < -0.3 is 10.1 Å². The molecule has 1 N–H and O–H groups in total. The Morgan fingerprint density at radius 1 is 1.12 bits per heavy atom. The molecule has 0 aliphatic heterocycles. The number of carbonyl (C=O) groups is 1. The normalized spacial score (nSPS) is 16.0. The van der Waals surface area contributed by atoms with E-state index in [-0.39, 0.29) is 5.91 Å². The van der Waals surface area contributed by atoms with E-state index in [0.29, 0.717) is 12.3 Å². The van der Waals surface area contributed by atoms with Gasteiger partial charge in [0.1, 0.15) is 5.75 Å². The molecule has 0 heterocycles. The molecule has 3 nitrogen and oxygen atoms in total. The van der Waals surface area contributed by atoms with Crippen LogP contribution >= 0.6 is 0 Å². The highest BCUT2D eigenvalue weighted by Crippen LogP contribution is 2.26. The molecule has 25 heavy (non-hydrogen) atoms. The number of hydrogen-bond acceptors (Lipinski definition) is 2. The van der Waals surface area contributed by atoms with Gasteiger partial charge in [0.15, 0.2) is 6.10 Å². The molecule has 0 spiro atoms. The van der Waals surface area contributed by atoms with Gasteiger partial charge in [-0.3, -0.25) is 4.79 Å². The fourth-order valence-corrected chi connectivity index (χ4v) is 3.57. The lowest BCUT2D eigenvalue weighted by molar-refractivity contribution is -0.128. The summed E-state index contributed by atoms with van der Waals surface area (Å²) in [5.74, 6) is 1.43. The first-order valence-electron chi connectivity index (χ1n) is 10.2. The largest absolute Gasteiger partial charge is 0.481 e. The topological polar surface area (TPSA) is 38.3 Å². The molecule has 1 aliphatic rings. The molecule has 2 rings (SSSR count). The van der Waals surface area contributed by atoms with E-state index in [4.69, 9.17) is 4.74 Å². The number of fused-ring (bicyclic) bond motifs is 1. The van der Waals surface area contributed by atoms with Crippen LogP contribution < -0.4 is 10.1 Å². The van der Waals surface area contributed by atoms with E-state index in [1.807, 2.05) is 13.0 Å². The van der Waals surface area contributed by atoms with Gasteiger partial charge in [-0.15, -0.1) is 0 Å². The maximum absolute atomic E-state index is 12.5. The summed E-state index contributed by atoms with van der Waals surface area (Å²) in [6.07, 6.45) is 9.88. The Morgan fingerprint density at radius 3 is 2.56 bits per heavy atom. The molecule has 2 unspecified atom stereocenters. The van der Waals surface area contributed by atoms with E-state index in [1.54, 1.807) is 0 Å². The van der Waals surface area contributed by atoms with Gasteiger partial charge in [0.2, 0.25) is 0 Å². The third kappa shape index (κ3) is 6.05. The minimum atomic E-state index is -0.398. The number of amides is 1. The highest BCUT2D eigenvalue weighted by atomic mass is 16.5. The average molecular weight is 346 g/mol. The fourth-order valence-electron chi connectivity index (χ4n) is 3.57. The van der Waals surface area contributed by atoms with Crippen molar-refractivity contribution in [2.45, 2.75) is 84.7 Å². The maximum atomic E-state index is 12.5. The third-order valence-electron chi connectivity index (χ3n) is 5.37. The molecule has 1 aliphatic carbocycles. The van der Waals surface area contributed by atoms with Crippen molar-refractivity contribution in [3.63, 3.8) is 0 Å². The lowest BCUT2D eigenvalue weighted by Crippen LogP contribution is -2.40. The van der Waals surface area contributed by atoms with Crippen LogP contribution in [0.5, 0.6) is 5.75 Å². The van der Waals surface area contributed by atoms with Crippen molar-refractivity contribution in [1.82, 2.24) is 5.32 Å². The summed E-state index contributed by atoms with van der Waals surface area (Å²) in [5.41, 5.74) is 2.84. The number of aryl methyl sites for hydroxylation is 2. The van der Waals surface area contributed by atoms with Gasteiger partial charge in [0, 0.05) is 6.54 Å². The van der Waals surface area contributed by atoms with Crippen molar-refractivity contribution in [3.05, 3.63) is 29.3 Å². The first kappa shape index (κ1) is 19.8. The van der Waals surface area contributed by atoms with E-state index in [2.05, 4.69) is 31.3 Å². The number of nitrogens with one attached hydrogen (secondary N) is 1. The number of hydrogen-bond donors (Lipinski definition) is 1. The van der Waals surface area contributed by atoms with E-state index >= 15 is 0 Å². The smallest absolute Gasteiger partial charge is 0.261 e. The fraction of sp³-hybridized carbons (Fsp3) is 0.682. The summed E-state index contributed by atoms with van der Waals surface area (Å²) in [6, 6.07) is 6.34. The summed E-state index contributed by atoms with van der Waals surface area (Å²) in [6.45, 7) is 7.19. The first-order valence-corrected chi connectivity index (χ1v) is 10.2. The Kier molecular flexibility index (Phi) is 8.30. The standard InChI is InChI=1S/C22H35NO2/c1-4-7-10-17(5-2)16-23-22(24)21(6-3)25-20-14-13-18-11-8-9-12-19(18)15-20/h13-15,17,21H,4-12,16H2,1-3H3,(H,23,24). The molecule has 0 aromatic heterocycles. The number of rotatable bonds is 10. The highest BCUT2D eigenvalue weighted by Gasteiger charge is 2.20. The van der Waals surface area contributed by atoms with Crippen molar-refractivity contribution in [3.8, 4) is 5.75 Å². The van der Waals surface area contributed by atoms with Gasteiger partial charge in [0.05, 0.1) is 0 Å². The summed E-state index contributed by atoms with van der Waals surface area (Å²) in [7, 11) is 0. The van der Waals surface area contributed by atoms with Crippen molar-refractivity contribution < 1.29 is 9.53 Å². The Morgan fingerprint density at radius 2 is 1.88 bits per heavy atom. The number of carbonyl (C=O) groups excluding carboxylic acids is 1. The van der Waals surface area contributed by atoms with Crippen LogP contribution in [0.15, 0.2) is 18.2 Å². The summed E-state index contributed by atoms with van der Waals surface area (Å²) in [4.78, 5) is 12.5. The molecule has 1 aromatic carbocycles. The van der Waals surface area contributed by atoms with Crippen LogP contribution in [-0.2, 0) is 17.6 Å². The monoisotopic (exact) mass is 345 g/mol. The van der Waals surface area contributed by atoms with E-state index in [0.717, 1.165) is 25.1 Å². The second-order valence-electron chi connectivity index (χ2n) is 7.31. The van der Waals surface area contributed by atoms with Gasteiger partial charge in [-0.05, 0) is 67.7 Å². The molecule has 0 fully saturated rings. The lowest BCUT2D eigenvalue weighted by atomic mass is 9.92. The Balaban J connectivity index is 1.89. The Hall–Kier alpha value is -1.51. The Bertz CT molecular complexity index is 541. The van der Waals surface area contributed by atoms with Crippen molar-refractivity contribution >= 4 is 5.91 Å². The van der Waals surface area contributed by atoms with E-state index in [1.165, 1.54) is 49.7 Å². The predicted molar refractivity (Wildman–Crippen MR) is 104 cm³/mol. The van der Waals surface area contributed by atoms with Crippen LogP contribution in [0, 0.1) is 5.92 Å². The summed E-state index contributed by atoms with van der Waals surface area (Å²) < 4.78 is 6.03. The molecule has 1 amide bonds. The number of benzene rings is 1. The number of ether oxygens (including phenoxy) is 1. The van der Waals surface area contributed by atoms with Gasteiger partial charge in [-0.1, -0.05) is 46.1 Å². The first-order chi connectivity index (χ1) is 12.2. The van der Waals surface area contributed by atoms with Gasteiger partial charge >= 0.3 is 0 Å². The van der Waals surface area contributed by atoms with Crippen LogP contribution in [0.25, 0.3) is 0 Å². The predicted octanol–water partition coefficient (Wildman–Crippen LogP) is 5.06. The molecular formula is C22H35NO2. The second-order valence-corrected chi connectivity index (χ2v) is 7.31. The molecule has 0 saturated heterocycles. The highest BCUT2D eigenvalue weighted by molar-refractivity contribution is 5.81. The van der Waals surface area contributed by atoms with Crippen molar-refractivity contribution in [2.24, 2.45) is 5.92 Å². The number of unbranched alkanes of at least 4 members (excludes halogenated alkanes) is 1. The molecular weight excluding hydrogens is 310 g/mol. The Labute approximate surface area is 153 Å². The van der Waals surface area contributed by atoms with Crippen molar-refractivity contribution in [2.75, 3.05) is 6.54 Å². The van der Waals surface area contributed by atoms with Gasteiger partial charge in [0.25, 0.3) is 5.91 Å². The lowest BCUT2D eigenvalue weighted by Gasteiger charge is -2.22. The molecule has 3 heteroatoms. The maximum Gasteiger partial charge on any atom is 0.261 e.